The van der Waals surface area contributed by atoms with Crippen molar-refractivity contribution >= 4 is 29.1 Å². The highest BCUT2D eigenvalue weighted by Crippen LogP contribution is 2.19. The molecule has 0 aromatic carbocycles. The molecule has 4 heteroatoms. The van der Waals surface area contributed by atoms with E-state index in [1.54, 1.807) is 0 Å². The van der Waals surface area contributed by atoms with Crippen molar-refractivity contribution in [3.8, 4) is 0 Å². The fourth-order valence-electron chi connectivity index (χ4n) is 2.53. The lowest BCUT2D eigenvalue weighted by Gasteiger charge is -2.37. The first kappa shape index (κ1) is 12.5. The van der Waals surface area contributed by atoms with Gasteiger partial charge in [-0.2, -0.15) is 11.8 Å². The van der Waals surface area contributed by atoms with Gasteiger partial charge in [0.1, 0.15) is 0 Å². The molecule has 92 valence electrons. The van der Waals surface area contributed by atoms with Gasteiger partial charge in [0.15, 0.2) is 5.11 Å². The van der Waals surface area contributed by atoms with E-state index in [1.165, 1.54) is 43.6 Å². The number of rotatable bonds is 1. The minimum absolute atomic E-state index is 0.599. The molecule has 1 saturated carbocycles. The molecule has 1 heterocycles. The third-order valence-corrected chi connectivity index (χ3v) is 5.10. The van der Waals surface area contributed by atoms with Crippen LogP contribution in [0, 0.1) is 0 Å². The van der Waals surface area contributed by atoms with E-state index in [9.17, 15) is 0 Å². The zero-order valence-corrected chi connectivity index (χ0v) is 11.7. The average molecular weight is 258 g/mol. The second-order valence-electron chi connectivity index (χ2n) is 4.90. The van der Waals surface area contributed by atoms with Crippen LogP contribution in [-0.2, 0) is 0 Å². The highest BCUT2D eigenvalue weighted by Gasteiger charge is 2.23. The molecule has 0 bridgehead atoms. The van der Waals surface area contributed by atoms with E-state index in [4.69, 9.17) is 12.2 Å². The maximum absolute atomic E-state index is 5.54. The topological polar surface area (TPSA) is 15.3 Å². The Morgan fingerprint density at radius 2 is 2.06 bits per heavy atom. The fraction of sp³-hybridized carbons (Fsp3) is 0.917. The largest absolute Gasteiger partial charge is 0.360 e. The second-order valence-corrected chi connectivity index (χ2v) is 6.44. The maximum Gasteiger partial charge on any atom is 0.169 e. The first-order valence-corrected chi connectivity index (χ1v) is 7.98. The number of hydrogen-bond donors (Lipinski definition) is 1. The lowest BCUT2D eigenvalue weighted by atomic mass is 9.96. The number of thioether (sulfide) groups is 1. The van der Waals surface area contributed by atoms with Crippen LogP contribution in [0.25, 0.3) is 0 Å². The lowest BCUT2D eigenvalue weighted by Crippen LogP contribution is -2.51. The average Bonchev–Trinajstić information content (AvgIpc) is 2.31. The van der Waals surface area contributed by atoms with Crippen LogP contribution in [0.1, 0.15) is 39.0 Å². The summed E-state index contributed by atoms with van der Waals surface area (Å²) in [5, 5.41) is 4.57. The van der Waals surface area contributed by atoms with Gasteiger partial charge < -0.3 is 10.2 Å². The SMILES string of the molecule is CC1CSCCN1C(=S)NC1CCCCC1. The van der Waals surface area contributed by atoms with Gasteiger partial charge in [-0.1, -0.05) is 19.3 Å². The molecular formula is C12H22N2S2. The standard InChI is InChI=1S/C12H22N2S2/c1-10-9-16-8-7-14(10)12(15)13-11-5-3-2-4-6-11/h10-11H,2-9H2,1H3,(H,13,15). The van der Waals surface area contributed by atoms with E-state index < -0.39 is 0 Å². The minimum atomic E-state index is 0.599. The molecule has 0 amide bonds. The number of nitrogens with zero attached hydrogens (tertiary/aromatic N) is 1. The van der Waals surface area contributed by atoms with Crippen molar-refractivity contribution in [1.29, 1.82) is 0 Å². The molecule has 1 saturated heterocycles. The molecule has 2 nitrogen and oxygen atoms in total. The molecule has 2 rings (SSSR count). The molecule has 16 heavy (non-hydrogen) atoms. The fourth-order valence-corrected chi connectivity index (χ4v) is 3.98. The Kier molecular flexibility index (Phi) is 4.77. The summed E-state index contributed by atoms with van der Waals surface area (Å²) in [4.78, 5) is 2.38. The van der Waals surface area contributed by atoms with Crippen LogP contribution in [-0.4, -0.2) is 40.1 Å². The van der Waals surface area contributed by atoms with Crippen molar-refractivity contribution in [2.75, 3.05) is 18.1 Å². The van der Waals surface area contributed by atoms with E-state index >= 15 is 0 Å². The molecule has 1 aliphatic heterocycles. The van der Waals surface area contributed by atoms with Gasteiger partial charge in [-0.15, -0.1) is 0 Å². The predicted octanol–water partition coefficient (Wildman–Crippen LogP) is 2.63. The predicted molar refractivity (Wildman–Crippen MR) is 76.1 cm³/mol. The lowest BCUT2D eigenvalue weighted by molar-refractivity contribution is 0.339. The summed E-state index contributed by atoms with van der Waals surface area (Å²) in [6.07, 6.45) is 6.74. The third-order valence-electron chi connectivity index (χ3n) is 3.56. The van der Waals surface area contributed by atoms with Crippen LogP contribution in [0.15, 0.2) is 0 Å². The minimum Gasteiger partial charge on any atom is -0.360 e. The van der Waals surface area contributed by atoms with Gasteiger partial charge in [0, 0.05) is 30.1 Å². The number of thiocarbonyl (C=S) groups is 1. The van der Waals surface area contributed by atoms with E-state index in [0.717, 1.165) is 11.7 Å². The molecule has 0 spiro atoms. The van der Waals surface area contributed by atoms with Crippen LogP contribution in [0.5, 0.6) is 0 Å². The van der Waals surface area contributed by atoms with Crippen LogP contribution >= 0.6 is 24.0 Å². The molecule has 1 aliphatic carbocycles. The van der Waals surface area contributed by atoms with E-state index in [0.29, 0.717) is 12.1 Å². The van der Waals surface area contributed by atoms with Crippen LogP contribution in [0.2, 0.25) is 0 Å². The smallest absolute Gasteiger partial charge is 0.169 e. The van der Waals surface area contributed by atoms with Crippen molar-refractivity contribution < 1.29 is 0 Å². The van der Waals surface area contributed by atoms with Crippen molar-refractivity contribution in [3.05, 3.63) is 0 Å². The van der Waals surface area contributed by atoms with E-state index in [-0.39, 0.29) is 0 Å². The Morgan fingerprint density at radius 3 is 2.75 bits per heavy atom. The van der Waals surface area contributed by atoms with Gasteiger partial charge in [0.2, 0.25) is 0 Å². The van der Waals surface area contributed by atoms with Crippen LogP contribution in [0.4, 0.5) is 0 Å². The molecule has 1 N–H and O–H groups in total. The summed E-state index contributed by atoms with van der Waals surface area (Å²) in [5.74, 6) is 2.43. The quantitative estimate of drug-likeness (QED) is 0.727. The molecule has 0 aromatic heterocycles. The molecule has 2 fully saturated rings. The van der Waals surface area contributed by atoms with E-state index in [1.807, 2.05) is 11.8 Å². The normalized spacial score (nSPS) is 27.8. The molecule has 2 aliphatic rings. The molecule has 1 unspecified atom stereocenters. The zero-order chi connectivity index (χ0) is 11.4. The molecule has 1 atom stereocenters. The third kappa shape index (κ3) is 3.27. The van der Waals surface area contributed by atoms with Crippen molar-refractivity contribution in [3.63, 3.8) is 0 Å². The summed E-state index contributed by atoms with van der Waals surface area (Å²) >= 11 is 7.58. The van der Waals surface area contributed by atoms with Crippen molar-refractivity contribution in [2.45, 2.75) is 51.1 Å². The Bertz CT molecular complexity index is 239. The molecule has 0 aromatic rings. The number of nitrogens with one attached hydrogen (secondary N) is 1. The van der Waals surface area contributed by atoms with Gasteiger partial charge in [-0.25, -0.2) is 0 Å². The van der Waals surface area contributed by atoms with E-state index in [2.05, 4.69) is 17.1 Å². The Morgan fingerprint density at radius 1 is 1.31 bits per heavy atom. The highest BCUT2D eigenvalue weighted by molar-refractivity contribution is 7.99. The summed E-state index contributed by atoms with van der Waals surface area (Å²) in [6, 6.07) is 1.24. The maximum atomic E-state index is 5.54. The van der Waals surface area contributed by atoms with Crippen molar-refractivity contribution in [1.82, 2.24) is 10.2 Å². The van der Waals surface area contributed by atoms with Gasteiger partial charge >= 0.3 is 0 Å². The van der Waals surface area contributed by atoms with Crippen molar-refractivity contribution in [2.24, 2.45) is 0 Å². The first-order valence-electron chi connectivity index (χ1n) is 6.42. The Balaban J connectivity index is 1.81. The second kappa shape index (κ2) is 6.10. The van der Waals surface area contributed by atoms with Crippen LogP contribution < -0.4 is 5.32 Å². The summed E-state index contributed by atoms with van der Waals surface area (Å²) in [5.41, 5.74) is 0. The molecular weight excluding hydrogens is 236 g/mol. The number of hydrogen-bond acceptors (Lipinski definition) is 2. The van der Waals surface area contributed by atoms with Gasteiger partial charge in [-0.05, 0) is 32.0 Å². The highest BCUT2D eigenvalue weighted by atomic mass is 32.2. The monoisotopic (exact) mass is 258 g/mol. The van der Waals surface area contributed by atoms with Crippen LogP contribution in [0.3, 0.4) is 0 Å². The van der Waals surface area contributed by atoms with Gasteiger partial charge in [-0.3, -0.25) is 0 Å². The summed E-state index contributed by atoms with van der Waals surface area (Å²) < 4.78 is 0. The zero-order valence-electron chi connectivity index (χ0n) is 10.1. The van der Waals surface area contributed by atoms with Gasteiger partial charge in [0.25, 0.3) is 0 Å². The molecule has 0 radical (unpaired) electrons. The van der Waals surface area contributed by atoms with Gasteiger partial charge in [0.05, 0.1) is 0 Å². The summed E-state index contributed by atoms with van der Waals surface area (Å²) in [7, 11) is 0. The summed E-state index contributed by atoms with van der Waals surface area (Å²) in [6.45, 7) is 3.39. The Labute approximate surface area is 109 Å². The Hall–Kier alpha value is 0.0400. The first-order chi connectivity index (χ1) is 7.77.